The Bertz CT molecular complexity index is 878. The highest BCUT2D eigenvalue weighted by molar-refractivity contribution is 9.10. The molecule has 3 rings (SSSR count). The molecule has 6 nitrogen and oxygen atoms in total. The molecule has 2 aromatic rings. The Morgan fingerprint density at radius 2 is 2.16 bits per heavy atom. The molecular weight excluding hydrogens is 408 g/mol. The van der Waals surface area contributed by atoms with Crippen LogP contribution in [0.25, 0.3) is 0 Å². The molecule has 0 aliphatic carbocycles. The first-order chi connectivity index (χ1) is 11.8. The third-order valence-corrected chi connectivity index (χ3v) is 5.62. The molecule has 0 radical (unpaired) electrons. The zero-order valence-electron chi connectivity index (χ0n) is 13.7. The van der Waals surface area contributed by atoms with Crippen LogP contribution >= 0.6 is 15.9 Å². The van der Waals surface area contributed by atoms with Gasteiger partial charge in [0.2, 0.25) is 14.9 Å². The first kappa shape index (κ1) is 18.0. The van der Waals surface area contributed by atoms with Crippen LogP contribution < -0.4 is 10.2 Å². The number of amides is 1. The van der Waals surface area contributed by atoms with Gasteiger partial charge in [-0.3, -0.25) is 4.79 Å². The van der Waals surface area contributed by atoms with Crippen molar-refractivity contribution in [1.82, 2.24) is 5.32 Å². The number of carbonyl (C=O) groups is 1. The highest BCUT2D eigenvalue weighted by atomic mass is 79.9. The summed E-state index contributed by atoms with van der Waals surface area (Å²) in [7, 11) is -3.44. The Labute approximate surface area is 155 Å². The molecule has 134 valence electrons. The smallest absolute Gasteiger partial charge is 0.287 e. The maximum absolute atomic E-state index is 12.1. The van der Waals surface area contributed by atoms with Crippen LogP contribution in [0.4, 0.5) is 5.69 Å². The molecule has 1 atom stereocenters. The van der Waals surface area contributed by atoms with Gasteiger partial charge in [0.25, 0.3) is 5.91 Å². The molecule has 1 aromatic carbocycles. The number of sulfone groups is 1. The molecule has 0 spiro atoms. The predicted octanol–water partition coefficient (Wildman–Crippen LogP) is 2.70. The first-order valence-electron chi connectivity index (χ1n) is 7.91. The summed E-state index contributed by atoms with van der Waals surface area (Å²) in [4.78, 5) is 14.4. The third kappa shape index (κ3) is 4.43. The summed E-state index contributed by atoms with van der Waals surface area (Å²) < 4.78 is 28.9. The Morgan fingerprint density at radius 1 is 1.36 bits per heavy atom. The minimum absolute atomic E-state index is 0.0160. The molecule has 1 unspecified atom stereocenters. The minimum atomic E-state index is -3.44. The average molecular weight is 427 g/mol. The van der Waals surface area contributed by atoms with Gasteiger partial charge in [0.05, 0.1) is 0 Å². The number of hydrogen-bond donors (Lipinski definition) is 1. The summed E-state index contributed by atoms with van der Waals surface area (Å²) in [5.74, 6) is -0.0367. The minimum Gasteiger partial charge on any atom is -0.440 e. The molecular formula is C17H19BrN2O4S. The van der Waals surface area contributed by atoms with Crippen molar-refractivity contribution in [3.63, 3.8) is 0 Å². The lowest BCUT2D eigenvalue weighted by Gasteiger charge is -2.19. The van der Waals surface area contributed by atoms with Crippen LogP contribution in [0.15, 0.2) is 50.4 Å². The molecule has 8 heteroatoms. The van der Waals surface area contributed by atoms with Crippen molar-refractivity contribution in [3.05, 3.63) is 46.6 Å². The van der Waals surface area contributed by atoms with Gasteiger partial charge in [0.1, 0.15) is 0 Å². The molecule has 1 fully saturated rings. The fourth-order valence-corrected chi connectivity index (χ4v) is 3.82. The summed E-state index contributed by atoms with van der Waals surface area (Å²) in [6, 6.07) is 10.8. The number of anilines is 1. The number of rotatable bonds is 5. The number of halogens is 1. The first-order valence-corrected chi connectivity index (χ1v) is 10.6. The molecule has 1 amide bonds. The number of nitrogens with one attached hydrogen (secondary N) is 1. The quantitative estimate of drug-likeness (QED) is 0.794. The van der Waals surface area contributed by atoms with Crippen molar-refractivity contribution in [2.24, 2.45) is 5.92 Å². The maximum atomic E-state index is 12.1. The van der Waals surface area contributed by atoms with Gasteiger partial charge in [-0.05, 0) is 42.7 Å². The van der Waals surface area contributed by atoms with E-state index in [-0.39, 0.29) is 10.9 Å². The van der Waals surface area contributed by atoms with Crippen LogP contribution in [0.2, 0.25) is 0 Å². The van der Waals surface area contributed by atoms with Gasteiger partial charge in [-0.15, -0.1) is 0 Å². The van der Waals surface area contributed by atoms with Crippen molar-refractivity contribution in [2.75, 3.05) is 30.8 Å². The fourth-order valence-electron chi connectivity index (χ4n) is 2.87. The monoisotopic (exact) mass is 426 g/mol. The van der Waals surface area contributed by atoms with Gasteiger partial charge in [-0.2, -0.15) is 0 Å². The number of nitrogens with zero attached hydrogens (tertiary/aromatic N) is 1. The molecule has 25 heavy (non-hydrogen) atoms. The molecule has 0 saturated carbocycles. The van der Waals surface area contributed by atoms with Crippen LogP contribution in [0.1, 0.15) is 17.0 Å². The van der Waals surface area contributed by atoms with E-state index in [9.17, 15) is 13.2 Å². The zero-order chi connectivity index (χ0) is 18.0. The van der Waals surface area contributed by atoms with Crippen LogP contribution in [-0.2, 0) is 9.84 Å². The summed E-state index contributed by atoms with van der Waals surface area (Å²) in [5.41, 5.74) is 1.16. The predicted molar refractivity (Wildman–Crippen MR) is 98.6 cm³/mol. The second kappa shape index (κ2) is 7.21. The van der Waals surface area contributed by atoms with E-state index in [1.807, 2.05) is 12.1 Å². The highest BCUT2D eigenvalue weighted by Crippen LogP contribution is 2.26. The average Bonchev–Trinajstić information content (AvgIpc) is 3.22. The Balaban J connectivity index is 1.54. The van der Waals surface area contributed by atoms with Gasteiger partial charge in [-0.25, -0.2) is 8.42 Å². The molecule has 2 heterocycles. The van der Waals surface area contributed by atoms with E-state index >= 15 is 0 Å². The van der Waals surface area contributed by atoms with Gasteiger partial charge in [0, 0.05) is 36.1 Å². The number of carbonyl (C=O) groups excluding carboxylic acids is 1. The molecule has 1 N–H and O–H groups in total. The largest absolute Gasteiger partial charge is 0.440 e. The van der Waals surface area contributed by atoms with Gasteiger partial charge in [0.15, 0.2) is 5.76 Å². The van der Waals surface area contributed by atoms with Crippen molar-refractivity contribution < 1.29 is 17.6 Å². The van der Waals surface area contributed by atoms with Crippen molar-refractivity contribution in [2.45, 2.75) is 11.5 Å². The SMILES string of the molecule is CS(=O)(=O)c1ccc(C(=O)NCC2CCN(c3cccc(Br)c3)C2)o1. The lowest BCUT2D eigenvalue weighted by molar-refractivity contribution is 0.0915. The van der Waals surface area contributed by atoms with Crippen LogP contribution in [0.3, 0.4) is 0 Å². The van der Waals surface area contributed by atoms with E-state index in [1.54, 1.807) is 0 Å². The van der Waals surface area contributed by atoms with E-state index in [0.717, 1.165) is 35.9 Å². The van der Waals surface area contributed by atoms with E-state index in [4.69, 9.17) is 4.42 Å². The standard InChI is InChI=1S/C17H19BrN2O4S/c1-25(22,23)16-6-5-15(24-16)17(21)19-10-12-7-8-20(11-12)14-4-2-3-13(18)9-14/h2-6,9,12H,7-8,10-11H2,1H3,(H,19,21). The second-order valence-corrected chi connectivity index (χ2v) is 9.04. The van der Waals surface area contributed by atoms with Gasteiger partial charge in [-0.1, -0.05) is 22.0 Å². The maximum Gasteiger partial charge on any atom is 0.287 e. The van der Waals surface area contributed by atoms with Crippen LogP contribution in [0.5, 0.6) is 0 Å². The van der Waals surface area contributed by atoms with E-state index < -0.39 is 15.7 Å². The van der Waals surface area contributed by atoms with E-state index in [2.05, 4.69) is 38.3 Å². The van der Waals surface area contributed by atoms with Crippen molar-refractivity contribution in [1.29, 1.82) is 0 Å². The van der Waals surface area contributed by atoms with Crippen molar-refractivity contribution in [3.8, 4) is 0 Å². The van der Waals surface area contributed by atoms with E-state index in [0.29, 0.717) is 12.5 Å². The topological polar surface area (TPSA) is 79.6 Å². The van der Waals surface area contributed by atoms with Crippen molar-refractivity contribution >= 4 is 37.4 Å². The summed E-state index contributed by atoms with van der Waals surface area (Å²) in [6.45, 7) is 2.33. The summed E-state index contributed by atoms with van der Waals surface area (Å²) in [5, 5.41) is 2.63. The van der Waals surface area contributed by atoms with Gasteiger partial charge >= 0.3 is 0 Å². The van der Waals surface area contributed by atoms with Crippen LogP contribution in [0, 0.1) is 5.92 Å². The second-order valence-electron chi connectivity index (χ2n) is 6.18. The van der Waals surface area contributed by atoms with E-state index in [1.165, 1.54) is 12.1 Å². The molecule has 1 aliphatic heterocycles. The lowest BCUT2D eigenvalue weighted by Crippen LogP contribution is -2.30. The molecule has 1 saturated heterocycles. The summed E-state index contributed by atoms with van der Waals surface area (Å²) >= 11 is 3.48. The van der Waals surface area contributed by atoms with Crippen LogP contribution in [-0.4, -0.2) is 40.2 Å². The normalized spacial score (nSPS) is 17.7. The number of hydrogen-bond acceptors (Lipinski definition) is 5. The molecule has 1 aliphatic rings. The fraction of sp³-hybridized carbons (Fsp3) is 0.353. The molecule has 1 aromatic heterocycles. The Hall–Kier alpha value is -1.80. The Morgan fingerprint density at radius 3 is 2.84 bits per heavy atom. The highest BCUT2D eigenvalue weighted by Gasteiger charge is 2.24. The zero-order valence-corrected chi connectivity index (χ0v) is 16.1. The number of furan rings is 1. The molecule has 0 bridgehead atoms. The number of benzene rings is 1. The Kier molecular flexibility index (Phi) is 5.19. The summed E-state index contributed by atoms with van der Waals surface area (Å²) in [6.07, 6.45) is 2.03. The van der Waals surface area contributed by atoms with Gasteiger partial charge < -0.3 is 14.6 Å². The lowest BCUT2D eigenvalue weighted by atomic mass is 10.1. The third-order valence-electron chi connectivity index (χ3n) is 4.18.